The summed E-state index contributed by atoms with van der Waals surface area (Å²) in [6.07, 6.45) is 1.88. The molecule has 1 atom stereocenters. The van der Waals surface area contributed by atoms with E-state index in [1.54, 1.807) is 6.07 Å². The third-order valence-electron chi connectivity index (χ3n) is 3.60. The van der Waals surface area contributed by atoms with E-state index in [-0.39, 0.29) is 5.60 Å². The van der Waals surface area contributed by atoms with E-state index in [0.717, 1.165) is 17.7 Å². The first kappa shape index (κ1) is 16.9. The maximum absolute atomic E-state index is 12.5. The number of sulfonamides is 1. The topological polar surface area (TPSA) is 67.4 Å². The molecule has 1 aromatic heterocycles. The summed E-state index contributed by atoms with van der Waals surface area (Å²) in [6.45, 7) is 7.63. The van der Waals surface area contributed by atoms with Gasteiger partial charge in [0.05, 0.1) is 10.5 Å². The Kier molecular flexibility index (Phi) is 5.43. The molecule has 5 nitrogen and oxygen atoms in total. The van der Waals surface area contributed by atoms with Gasteiger partial charge in [-0.05, 0) is 31.2 Å². The Labute approximate surface area is 131 Å². The van der Waals surface area contributed by atoms with E-state index in [1.165, 1.54) is 11.3 Å². The molecule has 7 heteroatoms. The Morgan fingerprint density at radius 3 is 2.86 bits per heavy atom. The Morgan fingerprint density at radius 1 is 1.48 bits per heavy atom. The highest BCUT2D eigenvalue weighted by molar-refractivity contribution is 7.89. The first-order chi connectivity index (χ1) is 9.82. The average molecular weight is 332 g/mol. The van der Waals surface area contributed by atoms with Crippen molar-refractivity contribution < 1.29 is 13.2 Å². The van der Waals surface area contributed by atoms with Crippen molar-refractivity contribution in [3.05, 3.63) is 16.3 Å². The standard InChI is InChI=1S/C14H24N2O3S2/c1-11(2)15-9-12-13(5-8-20-12)21(17,18)16-10-14(3)6-4-7-19-14/h5,8,11,15-16H,4,6-7,9-10H2,1-3H3. The Bertz CT molecular complexity index is 561. The van der Waals surface area contributed by atoms with E-state index in [2.05, 4.69) is 10.0 Å². The highest BCUT2D eigenvalue weighted by atomic mass is 32.2. The zero-order valence-electron chi connectivity index (χ0n) is 12.8. The number of thiophene rings is 1. The minimum atomic E-state index is -3.48. The molecule has 1 saturated heterocycles. The van der Waals surface area contributed by atoms with E-state index in [4.69, 9.17) is 4.74 Å². The molecule has 0 radical (unpaired) electrons. The van der Waals surface area contributed by atoms with Gasteiger partial charge in [-0.2, -0.15) is 0 Å². The van der Waals surface area contributed by atoms with E-state index in [0.29, 0.717) is 30.6 Å². The lowest BCUT2D eigenvalue weighted by Crippen LogP contribution is -2.40. The molecule has 2 rings (SSSR count). The van der Waals surface area contributed by atoms with Gasteiger partial charge in [0, 0.05) is 30.6 Å². The molecule has 0 aromatic carbocycles. The first-order valence-electron chi connectivity index (χ1n) is 7.26. The van der Waals surface area contributed by atoms with Crippen molar-refractivity contribution in [1.29, 1.82) is 0 Å². The summed E-state index contributed by atoms with van der Waals surface area (Å²) in [6, 6.07) is 1.99. The summed E-state index contributed by atoms with van der Waals surface area (Å²) in [7, 11) is -3.48. The van der Waals surface area contributed by atoms with Gasteiger partial charge < -0.3 is 10.1 Å². The lowest BCUT2D eigenvalue weighted by molar-refractivity contribution is 0.0250. The van der Waals surface area contributed by atoms with Crippen LogP contribution in [-0.2, 0) is 21.3 Å². The average Bonchev–Trinajstić information content (AvgIpc) is 3.04. The summed E-state index contributed by atoms with van der Waals surface area (Å²) in [5, 5.41) is 5.08. The van der Waals surface area contributed by atoms with Crippen LogP contribution < -0.4 is 10.0 Å². The molecule has 1 unspecified atom stereocenters. The summed E-state index contributed by atoms with van der Waals surface area (Å²) in [4.78, 5) is 1.22. The molecule has 1 fully saturated rings. The number of hydrogen-bond acceptors (Lipinski definition) is 5. The summed E-state index contributed by atoms with van der Waals surface area (Å²) in [5.74, 6) is 0. The maximum atomic E-state index is 12.5. The first-order valence-corrected chi connectivity index (χ1v) is 9.62. The zero-order valence-corrected chi connectivity index (χ0v) is 14.4. The van der Waals surface area contributed by atoms with Crippen molar-refractivity contribution in [2.75, 3.05) is 13.2 Å². The SMILES string of the molecule is CC(C)NCc1sccc1S(=O)(=O)NCC1(C)CCCO1. The molecule has 1 aliphatic heterocycles. The molecule has 1 aromatic rings. The summed E-state index contributed by atoms with van der Waals surface area (Å²) < 4.78 is 33.3. The summed E-state index contributed by atoms with van der Waals surface area (Å²) in [5.41, 5.74) is -0.376. The van der Waals surface area contributed by atoms with Crippen molar-refractivity contribution in [3.63, 3.8) is 0 Å². The number of nitrogens with one attached hydrogen (secondary N) is 2. The molecule has 2 heterocycles. The van der Waals surface area contributed by atoms with Crippen LogP contribution in [0, 0.1) is 0 Å². The minimum absolute atomic E-state index is 0.321. The van der Waals surface area contributed by atoms with Gasteiger partial charge in [-0.25, -0.2) is 13.1 Å². The van der Waals surface area contributed by atoms with Crippen LogP contribution in [0.25, 0.3) is 0 Å². The third-order valence-corrected chi connectivity index (χ3v) is 6.14. The molecule has 0 saturated carbocycles. The van der Waals surface area contributed by atoms with Gasteiger partial charge >= 0.3 is 0 Å². The van der Waals surface area contributed by atoms with Crippen molar-refractivity contribution in [1.82, 2.24) is 10.0 Å². The lowest BCUT2D eigenvalue weighted by Gasteiger charge is -2.23. The zero-order chi connectivity index (χ0) is 15.5. The van der Waals surface area contributed by atoms with Gasteiger partial charge in [0.1, 0.15) is 0 Å². The molecule has 0 bridgehead atoms. The van der Waals surface area contributed by atoms with Gasteiger partial charge in [-0.1, -0.05) is 13.8 Å². The van der Waals surface area contributed by atoms with Gasteiger partial charge in [-0.15, -0.1) is 11.3 Å². The third kappa shape index (κ3) is 4.50. The van der Waals surface area contributed by atoms with Crippen molar-refractivity contribution >= 4 is 21.4 Å². The lowest BCUT2D eigenvalue weighted by atomic mass is 10.0. The van der Waals surface area contributed by atoms with Gasteiger partial charge in [-0.3, -0.25) is 0 Å². The van der Waals surface area contributed by atoms with Crippen LogP contribution in [0.4, 0.5) is 0 Å². The van der Waals surface area contributed by atoms with Crippen LogP contribution in [0.2, 0.25) is 0 Å². The maximum Gasteiger partial charge on any atom is 0.241 e. The predicted octanol–water partition coefficient (Wildman–Crippen LogP) is 2.09. The number of rotatable bonds is 7. The molecule has 120 valence electrons. The smallest absolute Gasteiger partial charge is 0.241 e. The highest BCUT2D eigenvalue weighted by Crippen LogP contribution is 2.26. The second kappa shape index (κ2) is 6.75. The second-order valence-electron chi connectivity index (χ2n) is 5.97. The van der Waals surface area contributed by atoms with Crippen molar-refractivity contribution in [3.8, 4) is 0 Å². The molecular formula is C14H24N2O3S2. The molecule has 2 N–H and O–H groups in total. The Hall–Kier alpha value is -0.470. The minimum Gasteiger partial charge on any atom is -0.374 e. The second-order valence-corrected chi connectivity index (χ2v) is 8.71. The van der Waals surface area contributed by atoms with E-state index < -0.39 is 10.0 Å². The van der Waals surface area contributed by atoms with Gasteiger partial charge in [0.15, 0.2) is 0 Å². The van der Waals surface area contributed by atoms with Gasteiger partial charge in [0.25, 0.3) is 0 Å². The Morgan fingerprint density at radius 2 is 2.24 bits per heavy atom. The van der Waals surface area contributed by atoms with Crippen LogP contribution in [0.3, 0.4) is 0 Å². The monoisotopic (exact) mass is 332 g/mol. The fourth-order valence-corrected chi connectivity index (χ4v) is 4.84. The highest BCUT2D eigenvalue weighted by Gasteiger charge is 2.32. The normalized spacial score (nSPS) is 23.0. The van der Waals surface area contributed by atoms with Crippen LogP contribution in [0.5, 0.6) is 0 Å². The van der Waals surface area contributed by atoms with E-state index in [1.807, 2.05) is 26.2 Å². The number of hydrogen-bond donors (Lipinski definition) is 2. The Balaban J connectivity index is 2.04. The van der Waals surface area contributed by atoms with Gasteiger partial charge in [0.2, 0.25) is 10.0 Å². The quantitative estimate of drug-likeness (QED) is 0.802. The molecule has 0 amide bonds. The van der Waals surface area contributed by atoms with Crippen LogP contribution in [0.15, 0.2) is 16.3 Å². The molecule has 1 aliphatic rings. The molecule has 21 heavy (non-hydrogen) atoms. The molecule has 0 aliphatic carbocycles. The van der Waals surface area contributed by atoms with Crippen LogP contribution >= 0.6 is 11.3 Å². The molecule has 0 spiro atoms. The van der Waals surface area contributed by atoms with Crippen molar-refractivity contribution in [2.24, 2.45) is 0 Å². The largest absolute Gasteiger partial charge is 0.374 e. The predicted molar refractivity (Wildman–Crippen MR) is 85.1 cm³/mol. The summed E-state index contributed by atoms with van der Waals surface area (Å²) >= 11 is 1.46. The van der Waals surface area contributed by atoms with Crippen LogP contribution in [0.1, 0.15) is 38.5 Å². The molecular weight excluding hydrogens is 308 g/mol. The number of ether oxygens (including phenoxy) is 1. The van der Waals surface area contributed by atoms with E-state index >= 15 is 0 Å². The fourth-order valence-electron chi connectivity index (χ4n) is 2.30. The van der Waals surface area contributed by atoms with Crippen LogP contribution in [-0.4, -0.2) is 33.2 Å². The van der Waals surface area contributed by atoms with Crippen molar-refractivity contribution in [2.45, 2.75) is 56.7 Å². The van der Waals surface area contributed by atoms with E-state index in [9.17, 15) is 8.42 Å². The fraction of sp³-hybridized carbons (Fsp3) is 0.714.